The van der Waals surface area contributed by atoms with E-state index in [1.165, 1.54) is 4.90 Å². The fourth-order valence-corrected chi connectivity index (χ4v) is 2.10. The summed E-state index contributed by atoms with van der Waals surface area (Å²) in [7, 11) is 0. The maximum Gasteiger partial charge on any atom is 0.415 e. The van der Waals surface area contributed by atoms with Crippen LogP contribution in [0.3, 0.4) is 0 Å². The van der Waals surface area contributed by atoms with E-state index in [0.717, 1.165) is 5.56 Å². The van der Waals surface area contributed by atoms with Gasteiger partial charge in [-0.15, -0.1) is 0 Å². The third kappa shape index (κ3) is 5.43. The topological polar surface area (TPSA) is 55.8 Å². The Balaban J connectivity index is 2.07. The number of hydrogen-bond acceptors (Lipinski definition) is 4. The maximum absolute atomic E-state index is 12.4. The van der Waals surface area contributed by atoms with Crippen LogP contribution in [0.4, 0.5) is 10.5 Å². The SMILES string of the molecule is CC(C)OC(=O)CN(C(=O)OCc1ccccc1)c1ccccc1. The Kier molecular flexibility index (Phi) is 6.37. The molecular weight excluding hydrogens is 306 g/mol. The lowest BCUT2D eigenvalue weighted by molar-refractivity contribution is -0.145. The van der Waals surface area contributed by atoms with E-state index in [0.29, 0.717) is 5.69 Å². The number of anilines is 1. The summed E-state index contributed by atoms with van der Waals surface area (Å²) in [5, 5.41) is 0. The van der Waals surface area contributed by atoms with Crippen molar-refractivity contribution in [1.82, 2.24) is 0 Å². The molecule has 2 aromatic rings. The van der Waals surface area contributed by atoms with Crippen LogP contribution in [-0.4, -0.2) is 24.7 Å². The predicted molar refractivity (Wildman–Crippen MR) is 91.6 cm³/mol. The first kappa shape index (κ1) is 17.5. The highest BCUT2D eigenvalue weighted by Gasteiger charge is 2.22. The van der Waals surface area contributed by atoms with Gasteiger partial charge >= 0.3 is 12.1 Å². The fourth-order valence-electron chi connectivity index (χ4n) is 2.10. The van der Waals surface area contributed by atoms with Gasteiger partial charge in [0.2, 0.25) is 0 Å². The van der Waals surface area contributed by atoms with Crippen LogP contribution in [0, 0.1) is 0 Å². The molecule has 0 aliphatic rings. The Morgan fingerprint density at radius 1 is 0.958 bits per heavy atom. The summed E-state index contributed by atoms with van der Waals surface area (Å²) in [5.41, 5.74) is 1.46. The number of benzene rings is 2. The number of amides is 1. The average molecular weight is 327 g/mol. The summed E-state index contributed by atoms with van der Waals surface area (Å²) in [6.45, 7) is 3.47. The van der Waals surface area contributed by atoms with Crippen LogP contribution in [0.5, 0.6) is 0 Å². The van der Waals surface area contributed by atoms with Gasteiger partial charge in [-0.1, -0.05) is 48.5 Å². The maximum atomic E-state index is 12.4. The molecule has 0 N–H and O–H groups in total. The smallest absolute Gasteiger partial charge is 0.415 e. The monoisotopic (exact) mass is 327 g/mol. The molecule has 0 fully saturated rings. The number of hydrogen-bond donors (Lipinski definition) is 0. The lowest BCUT2D eigenvalue weighted by atomic mass is 10.2. The molecule has 0 atom stereocenters. The van der Waals surface area contributed by atoms with Crippen LogP contribution in [0.1, 0.15) is 19.4 Å². The van der Waals surface area contributed by atoms with Gasteiger partial charge in [0.1, 0.15) is 13.2 Å². The molecule has 126 valence electrons. The average Bonchev–Trinajstić information content (AvgIpc) is 2.58. The minimum absolute atomic E-state index is 0.141. The van der Waals surface area contributed by atoms with Gasteiger partial charge in [-0.25, -0.2) is 4.79 Å². The van der Waals surface area contributed by atoms with Crippen molar-refractivity contribution in [2.75, 3.05) is 11.4 Å². The van der Waals surface area contributed by atoms with E-state index < -0.39 is 12.1 Å². The fraction of sp³-hybridized carbons (Fsp3) is 0.263. The standard InChI is InChI=1S/C19H21NO4/c1-15(2)24-18(21)13-20(17-11-7-4-8-12-17)19(22)23-14-16-9-5-3-6-10-16/h3-12,15H,13-14H2,1-2H3. The summed E-state index contributed by atoms with van der Waals surface area (Å²) in [6, 6.07) is 18.3. The third-order valence-corrected chi connectivity index (χ3v) is 3.15. The van der Waals surface area contributed by atoms with E-state index in [2.05, 4.69) is 0 Å². The second kappa shape index (κ2) is 8.72. The van der Waals surface area contributed by atoms with Crippen molar-refractivity contribution in [3.05, 3.63) is 66.2 Å². The number of nitrogens with zero attached hydrogens (tertiary/aromatic N) is 1. The zero-order valence-electron chi connectivity index (χ0n) is 13.8. The highest BCUT2D eigenvalue weighted by Crippen LogP contribution is 2.15. The van der Waals surface area contributed by atoms with E-state index in [1.54, 1.807) is 38.1 Å². The molecule has 0 radical (unpaired) electrons. The Hall–Kier alpha value is -2.82. The number of ether oxygens (including phenoxy) is 2. The summed E-state index contributed by atoms with van der Waals surface area (Å²) in [5.74, 6) is -0.481. The molecule has 1 amide bonds. The Morgan fingerprint density at radius 2 is 1.54 bits per heavy atom. The first-order valence-corrected chi connectivity index (χ1v) is 7.79. The van der Waals surface area contributed by atoms with Gasteiger partial charge < -0.3 is 9.47 Å². The van der Waals surface area contributed by atoms with Gasteiger partial charge in [0.15, 0.2) is 0 Å². The van der Waals surface area contributed by atoms with Crippen molar-refractivity contribution >= 4 is 17.7 Å². The molecule has 0 aromatic heterocycles. The number of esters is 1. The Morgan fingerprint density at radius 3 is 2.12 bits per heavy atom. The molecule has 0 unspecified atom stereocenters. The number of para-hydroxylation sites is 1. The van der Waals surface area contributed by atoms with Crippen molar-refractivity contribution in [3.8, 4) is 0 Å². The van der Waals surface area contributed by atoms with E-state index in [-0.39, 0.29) is 19.3 Å². The lowest BCUT2D eigenvalue weighted by Gasteiger charge is -2.22. The summed E-state index contributed by atoms with van der Waals surface area (Å²) < 4.78 is 10.5. The van der Waals surface area contributed by atoms with Crippen molar-refractivity contribution < 1.29 is 19.1 Å². The summed E-state index contributed by atoms with van der Waals surface area (Å²) in [6.07, 6.45) is -0.832. The quantitative estimate of drug-likeness (QED) is 0.758. The van der Waals surface area contributed by atoms with E-state index in [1.807, 2.05) is 36.4 Å². The van der Waals surface area contributed by atoms with E-state index in [9.17, 15) is 9.59 Å². The highest BCUT2D eigenvalue weighted by molar-refractivity contribution is 5.93. The molecule has 0 aliphatic carbocycles. The molecule has 2 rings (SSSR count). The minimum atomic E-state index is -0.592. The van der Waals surface area contributed by atoms with Gasteiger partial charge in [-0.2, -0.15) is 0 Å². The normalized spacial score (nSPS) is 10.3. The molecule has 24 heavy (non-hydrogen) atoms. The van der Waals surface area contributed by atoms with E-state index in [4.69, 9.17) is 9.47 Å². The van der Waals surface area contributed by atoms with Gasteiger partial charge in [-0.05, 0) is 31.5 Å². The molecular formula is C19H21NO4. The molecule has 0 bridgehead atoms. The second-order valence-corrected chi connectivity index (χ2v) is 5.50. The third-order valence-electron chi connectivity index (χ3n) is 3.15. The molecule has 0 heterocycles. The largest absolute Gasteiger partial charge is 0.462 e. The zero-order valence-corrected chi connectivity index (χ0v) is 13.8. The van der Waals surface area contributed by atoms with Crippen LogP contribution >= 0.6 is 0 Å². The number of carbonyl (C=O) groups excluding carboxylic acids is 2. The first-order valence-electron chi connectivity index (χ1n) is 7.79. The molecule has 5 nitrogen and oxygen atoms in total. The first-order chi connectivity index (χ1) is 11.6. The zero-order chi connectivity index (χ0) is 17.4. The number of rotatable bonds is 6. The van der Waals surface area contributed by atoms with Crippen molar-refractivity contribution in [3.63, 3.8) is 0 Å². The molecule has 0 aliphatic heterocycles. The highest BCUT2D eigenvalue weighted by atomic mass is 16.6. The number of carbonyl (C=O) groups is 2. The molecule has 2 aromatic carbocycles. The van der Waals surface area contributed by atoms with Crippen LogP contribution < -0.4 is 4.90 Å². The van der Waals surface area contributed by atoms with Crippen molar-refractivity contribution in [1.29, 1.82) is 0 Å². The lowest BCUT2D eigenvalue weighted by Crippen LogP contribution is -2.37. The Bertz CT molecular complexity index is 656. The van der Waals surface area contributed by atoms with Gasteiger partial charge in [-0.3, -0.25) is 9.69 Å². The van der Waals surface area contributed by atoms with Crippen LogP contribution in [0.15, 0.2) is 60.7 Å². The van der Waals surface area contributed by atoms with Crippen LogP contribution in [0.2, 0.25) is 0 Å². The van der Waals surface area contributed by atoms with Crippen LogP contribution in [-0.2, 0) is 20.9 Å². The summed E-state index contributed by atoms with van der Waals surface area (Å²) >= 11 is 0. The van der Waals surface area contributed by atoms with Crippen LogP contribution in [0.25, 0.3) is 0 Å². The molecule has 5 heteroatoms. The molecule has 0 saturated heterocycles. The van der Waals surface area contributed by atoms with Gasteiger partial charge in [0, 0.05) is 5.69 Å². The van der Waals surface area contributed by atoms with Gasteiger partial charge in [0.25, 0.3) is 0 Å². The molecule has 0 spiro atoms. The van der Waals surface area contributed by atoms with Gasteiger partial charge in [0.05, 0.1) is 6.10 Å². The molecule has 0 saturated carbocycles. The Labute approximate surface area is 141 Å². The van der Waals surface area contributed by atoms with Crippen molar-refractivity contribution in [2.24, 2.45) is 0 Å². The predicted octanol–water partition coefficient (Wildman–Crippen LogP) is 3.78. The summed E-state index contributed by atoms with van der Waals surface area (Å²) in [4.78, 5) is 25.6. The second-order valence-electron chi connectivity index (χ2n) is 5.50. The van der Waals surface area contributed by atoms with Crippen molar-refractivity contribution in [2.45, 2.75) is 26.6 Å². The minimum Gasteiger partial charge on any atom is -0.462 e. The van der Waals surface area contributed by atoms with E-state index >= 15 is 0 Å².